The monoisotopic (exact) mass is 576 g/mol. The van der Waals surface area contributed by atoms with Crippen LogP contribution in [-0.2, 0) is 19.1 Å². The van der Waals surface area contributed by atoms with Gasteiger partial charge in [-0.1, -0.05) is 27.4 Å². The van der Waals surface area contributed by atoms with E-state index in [2.05, 4.69) is 27.4 Å². The van der Waals surface area contributed by atoms with Crippen molar-refractivity contribution >= 4 is 11.9 Å². The van der Waals surface area contributed by atoms with E-state index in [4.69, 9.17) is 9.47 Å². The average molecular weight is 577 g/mol. The third-order valence-corrected chi connectivity index (χ3v) is 12.2. The van der Waals surface area contributed by atoms with Crippen molar-refractivity contribution in [1.82, 2.24) is 0 Å². The molecule has 0 saturated heterocycles. The third kappa shape index (κ3) is 6.72. The molecule has 4 saturated carbocycles. The van der Waals surface area contributed by atoms with Gasteiger partial charge in [0.05, 0.1) is 31.5 Å². The molecule has 11 atom stereocenters. The molecule has 7 heteroatoms. The van der Waals surface area contributed by atoms with Crippen molar-refractivity contribution in [3.8, 4) is 0 Å². The van der Waals surface area contributed by atoms with Gasteiger partial charge in [0.15, 0.2) is 0 Å². The number of rotatable bonds is 12. The summed E-state index contributed by atoms with van der Waals surface area (Å²) in [6.45, 7) is 12.9. The normalized spacial score (nSPS) is 40.6. The molecule has 4 fully saturated rings. The highest BCUT2D eigenvalue weighted by atomic mass is 16.5. The number of fused-ring (bicyclic) bond motifs is 5. The second kappa shape index (κ2) is 13.5. The number of ether oxygens (including phenoxy) is 2. The summed E-state index contributed by atoms with van der Waals surface area (Å²) in [4.78, 5) is 23.9. The molecule has 0 aromatic rings. The standard InChI is InChI=1S/C34H56O7/c1-21(2)32(39)41-17-9-7-6-8-16-40-30(38)13-10-22(3)25-11-12-26-31-27(20-29(37)34(25,26)5)33(4)15-14-24(35)18-23(33)19-28(31)36/h22-29,31,35-37H,1,6-20H2,2-5H3/t22-,23+,24-,25-,26+,27+,28-,29+,31+,33+,34-/m1/s1. The van der Waals surface area contributed by atoms with Crippen LogP contribution in [0.1, 0.15) is 111 Å². The van der Waals surface area contributed by atoms with Crippen LogP contribution < -0.4 is 0 Å². The molecular weight excluding hydrogens is 520 g/mol. The Morgan fingerprint density at radius 1 is 0.927 bits per heavy atom. The van der Waals surface area contributed by atoms with E-state index in [1.807, 2.05) is 0 Å². The lowest BCUT2D eigenvalue weighted by atomic mass is 9.43. The maximum atomic E-state index is 12.5. The van der Waals surface area contributed by atoms with Crippen LogP contribution in [0.2, 0.25) is 0 Å². The first-order valence-corrected chi connectivity index (χ1v) is 16.4. The summed E-state index contributed by atoms with van der Waals surface area (Å²) >= 11 is 0. The predicted molar refractivity (Wildman–Crippen MR) is 158 cm³/mol. The van der Waals surface area contributed by atoms with Gasteiger partial charge in [0, 0.05) is 12.0 Å². The van der Waals surface area contributed by atoms with E-state index in [1.165, 1.54) is 0 Å². The number of hydrogen-bond donors (Lipinski definition) is 3. The summed E-state index contributed by atoms with van der Waals surface area (Å²) in [5, 5.41) is 33.5. The third-order valence-electron chi connectivity index (χ3n) is 12.2. The minimum Gasteiger partial charge on any atom is -0.466 e. The molecule has 0 spiro atoms. The van der Waals surface area contributed by atoms with Gasteiger partial charge in [0.25, 0.3) is 0 Å². The van der Waals surface area contributed by atoms with Crippen LogP contribution in [0.5, 0.6) is 0 Å². The molecule has 0 aromatic heterocycles. The van der Waals surface area contributed by atoms with Gasteiger partial charge in [-0.2, -0.15) is 0 Å². The van der Waals surface area contributed by atoms with Gasteiger partial charge in [-0.25, -0.2) is 4.79 Å². The molecule has 0 radical (unpaired) electrons. The van der Waals surface area contributed by atoms with Crippen molar-refractivity contribution in [2.45, 2.75) is 129 Å². The molecule has 0 bridgehead atoms. The molecule has 41 heavy (non-hydrogen) atoms. The molecule has 234 valence electrons. The van der Waals surface area contributed by atoms with Gasteiger partial charge in [-0.15, -0.1) is 0 Å². The molecular formula is C34H56O7. The predicted octanol–water partition coefficient (Wildman–Crippen LogP) is 5.59. The van der Waals surface area contributed by atoms with Crippen molar-refractivity contribution in [3.05, 3.63) is 12.2 Å². The molecule has 4 aliphatic carbocycles. The highest BCUT2D eigenvalue weighted by Gasteiger charge is 2.65. The molecule has 0 aliphatic heterocycles. The number of carbonyl (C=O) groups is 2. The van der Waals surface area contributed by atoms with E-state index >= 15 is 0 Å². The lowest BCUT2D eigenvalue weighted by molar-refractivity contribution is -0.207. The summed E-state index contributed by atoms with van der Waals surface area (Å²) in [7, 11) is 0. The van der Waals surface area contributed by atoms with Crippen LogP contribution in [-0.4, -0.2) is 58.8 Å². The minimum atomic E-state index is -0.408. The largest absolute Gasteiger partial charge is 0.466 e. The lowest BCUT2D eigenvalue weighted by Gasteiger charge is -2.63. The summed E-state index contributed by atoms with van der Waals surface area (Å²) < 4.78 is 10.6. The van der Waals surface area contributed by atoms with Crippen LogP contribution in [0.25, 0.3) is 0 Å². The summed E-state index contributed by atoms with van der Waals surface area (Å²) in [6.07, 6.45) is 9.69. The van der Waals surface area contributed by atoms with E-state index in [1.54, 1.807) is 6.92 Å². The zero-order valence-electron chi connectivity index (χ0n) is 26.0. The fourth-order valence-electron chi connectivity index (χ4n) is 9.78. The Kier molecular flexibility index (Phi) is 10.7. The summed E-state index contributed by atoms with van der Waals surface area (Å²) in [5.74, 6) is 1.23. The number of carbonyl (C=O) groups excluding carboxylic acids is 2. The fourth-order valence-corrected chi connectivity index (χ4v) is 9.78. The molecule has 0 unspecified atom stereocenters. The molecule has 0 heterocycles. The quantitative estimate of drug-likeness (QED) is 0.158. The van der Waals surface area contributed by atoms with E-state index in [0.717, 1.165) is 77.0 Å². The Hall–Kier alpha value is -1.44. The Bertz CT molecular complexity index is 934. The Labute approximate surface area is 247 Å². The van der Waals surface area contributed by atoms with Gasteiger partial charge >= 0.3 is 11.9 Å². The molecule has 3 N–H and O–H groups in total. The van der Waals surface area contributed by atoms with Crippen LogP contribution in [0.3, 0.4) is 0 Å². The van der Waals surface area contributed by atoms with Crippen molar-refractivity contribution in [3.63, 3.8) is 0 Å². The number of aliphatic hydroxyl groups excluding tert-OH is 3. The van der Waals surface area contributed by atoms with Gasteiger partial charge < -0.3 is 24.8 Å². The molecule has 7 nitrogen and oxygen atoms in total. The number of aliphatic hydroxyl groups is 3. The van der Waals surface area contributed by atoms with Crippen LogP contribution in [0, 0.1) is 46.3 Å². The Balaban J connectivity index is 1.23. The number of unbranched alkanes of at least 4 members (excludes halogenated alkanes) is 3. The van der Waals surface area contributed by atoms with Gasteiger partial charge in [0.1, 0.15) is 0 Å². The minimum absolute atomic E-state index is 0.0797. The summed E-state index contributed by atoms with van der Waals surface area (Å²) in [6, 6.07) is 0. The first-order valence-electron chi connectivity index (χ1n) is 16.4. The zero-order valence-corrected chi connectivity index (χ0v) is 26.0. The second-order valence-electron chi connectivity index (χ2n) is 14.6. The first-order chi connectivity index (χ1) is 19.4. The molecule has 4 aliphatic rings. The van der Waals surface area contributed by atoms with Crippen molar-refractivity contribution < 1.29 is 34.4 Å². The SMILES string of the molecule is C=C(C)C(=O)OCCCCCCOC(=O)CC[C@@H](C)[C@H]1CC[C@H]2[C@@H]3[C@H](O)C[C@@H]4C[C@H](O)CC[C@]4(C)[C@H]3C[C@H](O)[C@]12C. The van der Waals surface area contributed by atoms with Crippen LogP contribution >= 0.6 is 0 Å². The second-order valence-corrected chi connectivity index (χ2v) is 14.6. The van der Waals surface area contributed by atoms with Crippen LogP contribution in [0.15, 0.2) is 12.2 Å². The van der Waals surface area contributed by atoms with Crippen molar-refractivity contribution in [2.24, 2.45) is 46.3 Å². The van der Waals surface area contributed by atoms with Gasteiger partial charge in [-0.05, 0) is 130 Å². The molecule has 0 aromatic carbocycles. The van der Waals surface area contributed by atoms with Crippen LogP contribution in [0.4, 0.5) is 0 Å². The van der Waals surface area contributed by atoms with Gasteiger partial charge in [0.2, 0.25) is 0 Å². The molecule has 4 rings (SSSR count). The summed E-state index contributed by atoms with van der Waals surface area (Å²) in [5.41, 5.74) is 0.242. The maximum absolute atomic E-state index is 12.5. The highest BCUT2D eigenvalue weighted by Crippen LogP contribution is 2.68. The number of esters is 2. The highest BCUT2D eigenvalue weighted by molar-refractivity contribution is 5.86. The average Bonchev–Trinajstić information content (AvgIpc) is 3.28. The van der Waals surface area contributed by atoms with Gasteiger partial charge in [-0.3, -0.25) is 4.79 Å². The van der Waals surface area contributed by atoms with E-state index in [-0.39, 0.29) is 40.9 Å². The lowest BCUT2D eigenvalue weighted by Crippen LogP contribution is -2.62. The fraction of sp³-hybridized carbons (Fsp3) is 0.882. The van der Waals surface area contributed by atoms with Crippen molar-refractivity contribution in [1.29, 1.82) is 0 Å². The van der Waals surface area contributed by atoms with Crippen molar-refractivity contribution in [2.75, 3.05) is 13.2 Å². The van der Waals surface area contributed by atoms with E-state index < -0.39 is 6.10 Å². The number of hydrogen-bond acceptors (Lipinski definition) is 7. The van der Waals surface area contributed by atoms with E-state index in [9.17, 15) is 24.9 Å². The molecule has 0 amide bonds. The Morgan fingerprint density at radius 2 is 1.61 bits per heavy atom. The Morgan fingerprint density at radius 3 is 2.29 bits per heavy atom. The maximum Gasteiger partial charge on any atom is 0.333 e. The smallest absolute Gasteiger partial charge is 0.333 e. The zero-order chi connectivity index (χ0) is 29.9. The first kappa shape index (κ1) is 32.5. The van der Waals surface area contributed by atoms with E-state index in [0.29, 0.717) is 54.8 Å². The topological polar surface area (TPSA) is 113 Å².